The Labute approximate surface area is 140 Å². The molecule has 1 N–H and O–H groups in total. The molecule has 0 unspecified atom stereocenters. The highest BCUT2D eigenvalue weighted by atomic mass is 16.3. The summed E-state index contributed by atoms with van der Waals surface area (Å²) in [6, 6.07) is 5.53. The number of furan rings is 1. The molecule has 24 heavy (non-hydrogen) atoms. The number of hydrogen-bond donors (Lipinski definition) is 1. The van der Waals surface area contributed by atoms with Gasteiger partial charge in [-0.15, -0.1) is 0 Å². The summed E-state index contributed by atoms with van der Waals surface area (Å²) in [5, 5.41) is 8.14. The zero-order valence-electron chi connectivity index (χ0n) is 14.6. The van der Waals surface area contributed by atoms with Crippen molar-refractivity contribution in [1.82, 2.24) is 20.1 Å². The third-order valence-electron chi connectivity index (χ3n) is 3.56. The summed E-state index contributed by atoms with van der Waals surface area (Å²) in [5.74, 6) is 0.476. The highest BCUT2D eigenvalue weighted by Crippen LogP contribution is 2.26. The maximum Gasteiger partial charge on any atom is 0.252 e. The van der Waals surface area contributed by atoms with Crippen LogP contribution in [0.15, 0.2) is 35.1 Å². The van der Waals surface area contributed by atoms with Crippen LogP contribution in [0.1, 0.15) is 51.0 Å². The van der Waals surface area contributed by atoms with Gasteiger partial charge in [-0.2, -0.15) is 5.10 Å². The Balaban J connectivity index is 2.21. The van der Waals surface area contributed by atoms with Crippen molar-refractivity contribution in [1.29, 1.82) is 0 Å². The van der Waals surface area contributed by atoms with Crippen LogP contribution in [-0.4, -0.2) is 26.2 Å². The number of carbonyl (C=O) groups is 1. The highest BCUT2D eigenvalue weighted by Gasteiger charge is 2.22. The Bertz CT molecular complexity index is 870. The van der Waals surface area contributed by atoms with Crippen LogP contribution in [0.5, 0.6) is 0 Å². The van der Waals surface area contributed by atoms with Gasteiger partial charge >= 0.3 is 0 Å². The molecule has 0 aromatic carbocycles. The third-order valence-corrected chi connectivity index (χ3v) is 3.56. The van der Waals surface area contributed by atoms with E-state index in [1.165, 1.54) is 0 Å². The van der Waals surface area contributed by atoms with E-state index in [2.05, 4.69) is 15.4 Å². The Hall–Kier alpha value is -2.63. The molecule has 0 aliphatic carbocycles. The first-order chi connectivity index (χ1) is 11.3. The minimum Gasteiger partial charge on any atom is -0.463 e. The fourth-order valence-electron chi connectivity index (χ4n) is 2.54. The lowest BCUT2D eigenvalue weighted by Crippen LogP contribution is -2.40. The van der Waals surface area contributed by atoms with Crippen LogP contribution >= 0.6 is 0 Å². The van der Waals surface area contributed by atoms with Gasteiger partial charge in [0.2, 0.25) is 0 Å². The lowest BCUT2D eigenvalue weighted by molar-refractivity contribution is 0.0921. The Kier molecular flexibility index (Phi) is 3.91. The van der Waals surface area contributed by atoms with E-state index in [-0.39, 0.29) is 17.5 Å². The van der Waals surface area contributed by atoms with Gasteiger partial charge in [0.05, 0.1) is 23.4 Å². The first-order valence-electron chi connectivity index (χ1n) is 8.01. The Morgan fingerprint density at radius 3 is 2.67 bits per heavy atom. The van der Waals surface area contributed by atoms with E-state index < -0.39 is 0 Å². The SMILES string of the molecule is CC(C)n1ncc2c(C(=O)NC(C)(C)C)cc(-c3ccco3)nc21. The summed E-state index contributed by atoms with van der Waals surface area (Å²) in [6.07, 6.45) is 3.29. The van der Waals surface area contributed by atoms with Crippen LogP contribution in [0.3, 0.4) is 0 Å². The second-order valence-corrected chi connectivity index (χ2v) is 7.16. The van der Waals surface area contributed by atoms with E-state index >= 15 is 0 Å². The monoisotopic (exact) mass is 326 g/mol. The number of hydrogen-bond acceptors (Lipinski definition) is 4. The van der Waals surface area contributed by atoms with E-state index in [1.54, 1.807) is 24.6 Å². The zero-order chi connectivity index (χ0) is 17.5. The minimum absolute atomic E-state index is 0.139. The van der Waals surface area contributed by atoms with Gasteiger partial charge in [-0.1, -0.05) is 0 Å². The molecule has 0 bridgehead atoms. The molecule has 0 spiro atoms. The summed E-state index contributed by atoms with van der Waals surface area (Å²) in [7, 11) is 0. The third kappa shape index (κ3) is 3.04. The van der Waals surface area contributed by atoms with Crippen LogP contribution in [-0.2, 0) is 0 Å². The number of fused-ring (bicyclic) bond motifs is 1. The number of pyridine rings is 1. The van der Waals surface area contributed by atoms with Gasteiger partial charge in [0, 0.05) is 11.6 Å². The predicted molar refractivity (Wildman–Crippen MR) is 92.8 cm³/mol. The van der Waals surface area contributed by atoms with Gasteiger partial charge < -0.3 is 9.73 Å². The Morgan fingerprint density at radius 2 is 2.08 bits per heavy atom. The number of nitrogens with zero attached hydrogens (tertiary/aromatic N) is 3. The van der Waals surface area contributed by atoms with Crippen molar-refractivity contribution < 1.29 is 9.21 Å². The van der Waals surface area contributed by atoms with Crippen LogP contribution in [0.2, 0.25) is 0 Å². The maximum atomic E-state index is 12.8. The number of aromatic nitrogens is 3. The van der Waals surface area contributed by atoms with Crippen molar-refractivity contribution in [3.05, 3.63) is 36.2 Å². The molecule has 0 saturated heterocycles. The van der Waals surface area contributed by atoms with Crippen LogP contribution in [0.4, 0.5) is 0 Å². The number of carbonyl (C=O) groups excluding carboxylic acids is 1. The molecular weight excluding hydrogens is 304 g/mol. The summed E-state index contributed by atoms with van der Waals surface area (Å²) < 4.78 is 7.27. The molecule has 1 amide bonds. The van der Waals surface area contributed by atoms with Gasteiger partial charge in [-0.3, -0.25) is 4.79 Å². The first-order valence-corrected chi connectivity index (χ1v) is 8.01. The summed E-state index contributed by atoms with van der Waals surface area (Å²) in [4.78, 5) is 17.4. The molecule has 126 valence electrons. The maximum absolute atomic E-state index is 12.8. The molecule has 0 fully saturated rings. The fourth-order valence-corrected chi connectivity index (χ4v) is 2.54. The first kappa shape index (κ1) is 16.2. The van der Waals surface area contributed by atoms with Crippen molar-refractivity contribution in [3.63, 3.8) is 0 Å². The molecular formula is C18H22N4O2. The molecule has 0 aliphatic heterocycles. The zero-order valence-corrected chi connectivity index (χ0v) is 14.6. The minimum atomic E-state index is -0.328. The van der Waals surface area contributed by atoms with Crippen molar-refractivity contribution in [2.75, 3.05) is 0 Å². The largest absolute Gasteiger partial charge is 0.463 e. The average molecular weight is 326 g/mol. The molecule has 0 aliphatic rings. The molecule has 3 aromatic rings. The van der Waals surface area contributed by atoms with Gasteiger partial charge in [0.25, 0.3) is 5.91 Å². The summed E-state index contributed by atoms with van der Waals surface area (Å²) in [6.45, 7) is 9.92. The summed E-state index contributed by atoms with van der Waals surface area (Å²) >= 11 is 0. The van der Waals surface area contributed by atoms with Gasteiger partial charge in [0.1, 0.15) is 5.69 Å². The van der Waals surface area contributed by atoms with Crippen molar-refractivity contribution in [2.24, 2.45) is 0 Å². The lowest BCUT2D eigenvalue weighted by Gasteiger charge is -2.21. The van der Waals surface area contributed by atoms with E-state index in [0.717, 1.165) is 5.39 Å². The predicted octanol–water partition coefficient (Wildman–Crippen LogP) is 3.80. The van der Waals surface area contributed by atoms with Crippen molar-refractivity contribution in [3.8, 4) is 11.5 Å². The molecule has 3 aromatic heterocycles. The highest BCUT2D eigenvalue weighted by molar-refractivity contribution is 6.06. The standard InChI is InChI=1S/C18H22N4O2/c1-11(2)22-16-13(10-19-22)12(17(23)21-18(3,4)5)9-14(20-16)15-7-6-8-24-15/h6-11H,1-5H3,(H,21,23). The van der Waals surface area contributed by atoms with E-state index in [4.69, 9.17) is 4.42 Å². The van der Waals surface area contributed by atoms with Crippen molar-refractivity contribution in [2.45, 2.75) is 46.2 Å². The molecule has 6 heteroatoms. The fraction of sp³-hybridized carbons (Fsp3) is 0.389. The molecule has 0 radical (unpaired) electrons. The molecule has 0 atom stereocenters. The molecule has 0 saturated carbocycles. The number of nitrogens with one attached hydrogen (secondary N) is 1. The van der Waals surface area contributed by atoms with Gasteiger partial charge in [-0.05, 0) is 52.8 Å². The van der Waals surface area contributed by atoms with Crippen LogP contribution in [0, 0.1) is 0 Å². The normalized spacial score (nSPS) is 12.1. The van der Waals surface area contributed by atoms with E-state index in [1.807, 2.05) is 45.4 Å². The second-order valence-electron chi connectivity index (χ2n) is 7.16. The lowest BCUT2D eigenvalue weighted by atomic mass is 10.1. The number of rotatable bonds is 3. The van der Waals surface area contributed by atoms with E-state index in [0.29, 0.717) is 22.7 Å². The quantitative estimate of drug-likeness (QED) is 0.794. The topological polar surface area (TPSA) is 73.0 Å². The number of amides is 1. The molecule has 6 nitrogen and oxygen atoms in total. The van der Waals surface area contributed by atoms with Gasteiger partial charge in [0.15, 0.2) is 11.4 Å². The Morgan fingerprint density at radius 1 is 1.33 bits per heavy atom. The van der Waals surface area contributed by atoms with Crippen molar-refractivity contribution >= 4 is 16.9 Å². The average Bonchev–Trinajstić information content (AvgIpc) is 3.13. The van der Waals surface area contributed by atoms with Crippen LogP contribution < -0.4 is 5.32 Å². The molecule has 3 heterocycles. The van der Waals surface area contributed by atoms with Gasteiger partial charge in [-0.25, -0.2) is 9.67 Å². The van der Waals surface area contributed by atoms with E-state index in [9.17, 15) is 4.79 Å². The molecule has 3 rings (SSSR count). The van der Waals surface area contributed by atoms with Crippen LogP contribution in [0.25, 0.3) is 22.5 Å². The summed E-state index contributed by atoms with van der Waals surface area (Å²) in [5.41, 5.74) is 1.52. The smallest absolute Gasteiger partial charge is 0.252 e. The second kappa shape index (κ2) is 5.78.